The largest absolute Gasteiger partial charge is 0.311 e. The van der Waals surface area contributed by atoms with E-state index in [1.807, 2.05) is 10.9 Å². The zero-order valence-corrected chi connectivity index (χ0v) is 11.7. The van der Waals surface area contributed by atoms with Crippen molar-refractivity contribution < 1.29 is 0 Å². The Labute approximate surface area is 109 Å². The highest BCUT2D eigenvalue weighted by Gasteiger charge is 2.58. The van der Waals surface area contributed by atoms with E-state index >= 15 is 0 Å². The molecule has 0 aliphatic heterocycles. The Hall–Kier alpha value is -0.900. The van der Waals surface area contributed by atoms with E-state index in [0.717, 1.165) is 19.0 Å². The second kappa shape index (κ2) is 4.05. The van der Waals surface area contributed by atoms with E-state index in [-0.39, 0.29) is 0 Å². The molecule has 0 radical (unpaired) electrons. The third kappa shape index (κ3) is 1.78. The first kappa shape index (κ1) is 12.2. The summed E-state index contributed by atoms with van der Waals surface area (Å²) in [6.45, 7) is 9.24. The van der Waals surface area contributed by atoms with Crippen molar-refractivity contribution in [3.05, 3.63) is 12.4 Å². The van der Waals surface area contributed by atoms with E-state index in [1.54, 1.807) is 6.20 Å². The number of rotatable bonds is 4. The lowest BCUT2D eigenvalue weighted by molar-refractivity contribution is 0.108. The van der Waals surface area contributed by atoms with Gasteiger partial charge in [-0.15, -0.1) is 5.10 Å². The molecule has 1 N–H and O–H groups in total. The fourth-order valence-corrected chi connectivity index (χ4v) is 4.49. The Bertz CT molecular complexity index is 407. The molecule has 0 aromatic carbocycles. The number of nitrogens with zero attached hydrogens (tertiary/aromatic N) is 3. The van der Waals surface area contributed by atoms with Crippen LogP contribution in [-0.2, 0) is 6.54 Å². The van der Waals surface area contributed by atoms with Gasteiger partial charge in [-0.1, -0.05) is 26.0 Å². The Balaban J connectivity index is 1.62. The first-order valence-electron chi connectivity index (χ1n) is 7.10. The van der Waals surface area contributed by atoms with Crippen LogP contribution in [0.1, 0.15) is 40.0 Å². The SMILES string of the molecule is CC1(C)C(NCCn2ccnn2)[C@]2(C)CC[C@H]1C2. The summed E-state index contributed by atoms with van der Waals surface area (Å²) in [6, 6.07) is 0.646. The monoisotopic (exact) mass is 248 g/mol. The second-order valence-corrected chi connectivity index (χ2v) is 6.97. The normalized spacial score (nSPS) is 37.3. The maximum Gasteiger partial charge on any atom is 0.0692 e. The predicted octanol–water partition coefficient (Wildman–Crippen LogP) is 2.08. The van der Waals surface area contributed by atoms with Crippen LogP contribution in [0.2, 0.25) is 0 Å². The van der Waals surface area contributed by atoms with E-state index in [0.29, 0.717) is 16.9 Å². The molecule has 18 heavy (non-hydrogen) atoms. The fourth-order valence-electron chi connectivity index (χ4n) is 4.49. The van der Waals surface area contributed by atoms with Crippen molar-refractivity contribution in [3.63, 3.8) is 0 Å². The van der Waals surface area contributed by atoms with Crippen LogP contribution < -0.4 is 5.32 Å². The Kier molecular flexibility index (Phi) is 2.73. The Morgan fingerprint density at radius 1 is 1.39 bits per heavy atom. The molecule has 0 spiro atoms. The number of hydrogen-bond acceptors (Lipinski definition) is 3. The van der Waals surface area contributed by atoms with Crippen LogP contribution in [0.15, 0.2) is 12.4 Å². The molecule has 3 rings (SSSR count). The standard InChI is InChI=1S/C14H24N4/c1-13(2)11-4-5-14(3,10-11)12(13)15-6-8-18-9-7-16-17-18/h7,9,11-12,15H,4-6,8,10H2,1-3H3/t11-,12?,14+/m0/s1. The molecule has 4 nitrogen and oxygen atoms in total. The van der Waals surface area contributed by atoms with Gasteiger partial charge in [0.05, 0.1) is 12.7 Å². The van der Waals surface area contributed by atoms with Crippen LogP contribution >= 0.6 is 0 Å². The molecule has 2 fully saturated rings. The summed E-state index contributed by atoms with van der Waals surface area (Å²) >= 11 is 0. The highest BCUT2D eigenvalue weighted by atomic mass is 15.4. The number of nitrogens with one attached hydrogen (secondary N) is 1. The molecule has 1 heterocycles. The van der Waals surface area contributed by atoms with Crippen LogP contribution in [0, 0.1) is 16.7 Å². The van der Waals surface area contributed by atoms with Gasteiger partial charge in [0.2, 0.25) is 0 Å². The molecule has 2 bridgehead atoms. The van der Waals surface area contributed by atoms with Crippen LogP contribution in [0.5, 0.6) is 0 Å². The topological polar surface area (TPSA) is 42.7 Å². The van der Waals surface area contributed by atoms with Gasteiger partial charge in [-0.25, -0.2) is 0 Å². The zero-order valence-electron chi connectivity index (χ0n) is 11.7. The lowest BCUT2D eigenvalue weighted by atomic mass is 9.68. The third-order valence-corrected chi connectivity index (χ3v) is 5.43. The lowest BCUT2D eigenvalue weighted by Gasteiger charge is -2.43. The fraction of sp³-hybridized carbons (Fsp3) is 0.857. The molecule has 4 heteroatoms. The molecule has 2 aliphatic rings. The van der Waals surface area contributed by atoms with Gasteiger partial charge in [0.25, 0.3) is 0 Å². The highest BCUT2D eigenvalue weighted by molar-refractivity contribution is 5.11. The molecule has 0 saturated heterocycles. The van der Waals surface area contributed by atoms with Gasteiger partial charge in [-0.05, 0) is 36.0 Å². The van der Waals surface area contributed by atoms with E-state index in [4.69, 9.17) is 0 Å². The summed E-state index contributed by atoms with van der Waals surface area (Å²) in [5, 5.41) is 11.6. The van der Waals surface area contributed by atoms with Gasteiger partial charge in [0.1, 0.15) is 0 Å². The van der Waals surface area contributed by atoms with Crippen molar-refractivity contribution >= 4 is 0 Å². The molecule has 3 atom stereocenters. The molecule has 100 valence electrons. The van der Waals surface area contributed by atoms with E-state index in [2.05, 4.69) is 36.4 Å². The third-order valence-electron chi connectivity index (χ3n) is 5.43. The first-order chi connectivity index (χ1) is 8.52. The van der Waals surface area contributed by atoms with Gasteiger partial charge in [0, 0.05) is 18.8 Å². The zero-order chi connectivity index (χ0) is 12.8. The van der Waals surface area contributed by atoms with Crippen molar-refractivity contribution in [2.45, 2.75) is 52.6 Å². The highest BCUT2D eigenvalue weighted by Crippen LogP contribution is 2.62. The van der Waals surface area contributed by atoms with Crippen molar-refractivity contribution in [3.8, 4) is 0 Å². The van der Waals surface area contributed by atoms with E-state index < -0.39 is 0 Å². The molecule has 0 amide bonds. The molecular weight excluding hydrogens is 224 g/mol. The van der Waals surface area contributed by atoms with Gasteiger partial charge in [0.15, 0.2) is 0 Å². The average molecular weight is 248 g/mol. The summed E-state index contributed by atoms with van der Waals surface area (Å²) < 4.78 is 1.90. The first-order valence-corrected chi connectivity index (χ1v) is 7.10. The van der Waals surface area contributed by atoms with E-state index in [9.17, 15) is 0 Å². The Morgan fingerprint density at radius 2 is 2.22 bits per heavy atom. The van der Waals surface area contributed by atoms with Crippen LogP contribution in [0.3, 0.4) is 0 Å². The molecule has 1 aromatic heterocycles. The van der Waals surface area contributed by atoms with Crippen LogP contribution in [0.4, 0.5) is 0 Å². The van der Waals surface area contributed by atoms with Crippen molar-refractivity contribution in [1.82, 2.24) is 20.3 Å². The number of aromatic nitrogens is 3. The number of fused-ring (bicyclic) bond motifs is 2. The molecular formula is C14H24N4. The van der Waals surface area contributed by atoms with Crippen molar-refractivity contribution in [2.24, 2.45) is 16.7 Å². The van der Waals surface area contributed by atoms with Crippen molar-refractivity contribution in [2.75, 3.05) is 6.54 Å². The van der Waals surface area contributed by atoms with Crippen LogP contribution in [-0.4, -0.2) is 27.6 Å². The molecule has 2 aliphatic carbocycles. The minimum atomic E-state index is 0.440. The smallest absolute Gasteiger partial charge is 0.0692 e. The van der Waals surface area contributed by atoms with Crippen LogP contribution in [0.25, 0.3) is 0 Å². The van der Waals surface area contributed by atoms with Gasteiger partial charge < -0.3 is 5.32 Å². The Morgan fingerprint density at radius 3 is 2.83 bits per heavy atom. The minimum absolute atomic E-state index is 0.440. The summed E-state index contributed by atoms with van der Waals surface area (Å²) in [5.74, 6) is 0.909. The summed E-state index contributed by atoms with van der Waals surface area (Å²) in [7, 11) is 0. The van der Waals surface area contributed by atoms with Gasteiger partial charge in [-0.2, -0.15) is 0 Å². The summed E-state index contributed by atoms with van der Waals surface area (Å²) in [4.78, 5) is 0. The van der Waals surface area contributed by atoms with Gasteiger partial charge in [-0.3, -0.25) is 4.68 Å². The quantitative estimate of drug-likeness (QED) is 0.887. The average Bonchev–Trinajstić information content (AvgIpc) is 2.96. The predicted molar refractivity (Wildman–Crippen MR) is 71.0 cm³/mol. The summed E-state index contributed by atoms with van der Waals surface area (Å²) in [6.07, 6.45) is 7.88. The summed E-state index contributed by atoms with van der Waals surface area (Å²) in [5.41, 5.74) is 0.950. The second-order valence-electron chi connectivity index (χ2n) is 6.97. The lowest BCUT2D eigenvalue weighted by Crippen LogP contribution is -2.51. The number of hydrogen-bond donors (Lipinski definition) is 1. The maximum atomic E-state index is 4.01. The molecule has 1 aromatic rings. The van der Waals surface area contributed by atoms with Gasteiger partial charge >= 0.3 is 0 Å². The molecule has 2 saturated carbocycles. The minimum Gasteiger partial charge on any atom is -0.311 e. The maximum absolute atomic E-state index is 4.01. The molecule has 1 unspecified atom stereocenters. The van der Waals surface area contributed by atoms with E-state index in [1.165, 1.54) is 19.3 Å². The van der Waals surface area contributed by atoms with Crippen molar-refractivity contribution in [1.29, 1.82) is 0 Å².